The van der Waals surface area contributed by atoms with E-state index in [1.54, 1.807) is 0 Å². The first-order valence-electron chi connectivity index (χ1n) is 12.4. The van der Waals surface area contributed by atoms with Crippen LogP contribution in [0.5, 0.6) is 0 Å². The quantitative estimate of drug-likeness (QED) is 0.817. The van der Waals surface area contributed by atoms with Gasteiger partial charge in [-0.3, -0.25) is 14.6 Å². The third kappa shape index (κ3) is 4.80. The van der Waals surface area contributed by atoms with E-state index < -0.39 is 0 Å². The highest BCUT2D eigenvalue weighted by molar-refractivity contribution is 5.79. The van der Waals surface area contributed by atoms with Crippen molar-refractivity contribution in [2.45, 2.75) is 64.5 Å². The molecule has 31 heavy (non-hydrogen) atoms. The van der Waals surface area contributed by atoms with Gasteiger partial charge in [0.25, 0.3) is 0 Å². The topological polar surface area (TPSA) is 55.5 Å². The summed E-state index contributed by atoms with van der Waals surface area (Å²) >= 11 is 0. The molecular formula is C25H37N5O. The van der Waals surface area contributed by atoms with Gasteiger partial charge in [-0.15, -0.1) is 0 Å². The Bertz CT molecular complexity index is 886. The molecule has 1 N–H and O–H groups in total. The molecule has 0 radical (unpaired) electrons. The van der Waals surface area contributed by atoms with Crippen molar-refractivity contribution < 1.29 is 4.79 Å². The fourth-order valence-electron chi connectivity index (χ4n) is 5.81. The summed E-state index contributed by atoms with van der Waals surface area (Å²) in [6, 6.07) is 7.13. The van der Waals surface area contributed by atoms with Gasteiger partial charge in [0.1, 0.15) is 5.82 Å². The summed E-state index contributed by atoms with van der Waals surface area (Å²) in [6.07, 6.45) is 8.84. The van der Waals surface area contributed by atoms with Crippen molar-refractivity contribution in [2.75, 3.05) is 39.3 Å². The number of hydrogen-bond donors (Lipinski definition) is 1. The molecule has 1 amide bonds. The lowest BCUT2D eigenvalue weighted by atomic mass is 9.93. The number of benzene rings is 1. The number of piperazine rings is 1. The monoisotopic (exact) mass is 423 g/mol. The Labute approximate surface area is 186 Å². The highest BCUT2D eigenvalue weighted by atomic mass is 16.2. The average molecular weight is 424 g/mol. The third-order valence-corrected chi connectivity index (χ3v) is 7.71. The van der Waals surface area contributed by atoms with Crippen molar-refractivity contribution in [3.05, 3.63) is 29.6 Å². The molecule has 0 spiro atoms. The molecule has 2 aliphatic heterocycles. The fraction of sp³-hybridized carbons (Fsp3) is 0.680. The Kier molecular flexibility index (Phi) is 6.28. The number of carbonyl (C=O) groups excluding carboxylic acids is 1. The van der Waals surface area contributed by atoms with Crippen LogP contribution < -0.4 is 0 Å². The van der Waals surface area contributed by atoms with Gasteiger partial charge in [0.05, 0.1) is 17.6 Å². The van der Waals surface area contributed by atoms with Crippen molar-refractivity contribution in [1.82, 2.24) is 24.7 Å². The Hall–Kier alpha value is -1.92. The number of piperidine rings is 1. The van der Waals surface area contributed by atoms with Gasteiger partial charge in [0, 0.05) is 38.1 Å². The molecule has 168 valence electrons. The Balaban J connectivity index is 1.09. The molecule has 0 unspecified atom stereocenters. The number of H-pyrrole nitrogens is 1. The first kappa shape index (κ1) is 21.0. The number of hydrogen-bond acceptors (Lipinski definition) is 4. The van der Waals surface area contributed by atoms with E-state index in [0.717, 1.165) is 81.6 Å². The number of nitrogens with zero attached hydrogens (tertiary/aromatic N) is 4. The van der Waals surface area contributed by atoms with E-state index in [4.69, 9.17) is 4.98 Å². The second kappa shape index (κ2) is 9.29. The first-order valence-corrected chi connectivity index (χ1v) is 12.4. The lowest BCUT2D eigenvalue weighted by molar-refractivity contribution is -0.139. The maximum Gasteiger partial charge on any atom is 0.225 e. The predicted molar refractivity (Wildman–Crippen MR) is 124 cm³/mol. The molecule has 0 atom stereocenters. The minimum atomic E-state index is 0.204. The summed E-state index contributed by atoms with van der Waals surface area (Å²) in [7, 11) is 0. The Morgan fingerprint density at radius 3 is 2.48 bits per heavy atom. The van der Waals surface area contributed by atoms with E-state index in [1.165, 1.54) is 37.7 Å². The van der Waals surface area contributed by atoms with E-state index in [0.29, 0.717) is 5.91 Å². The van der Waals surface area contributed by atoms with Gasteiger partial charge >= 0.3 is 0 Å². The van der Waals surface area contributed by atoms with E-state index in [9.17, 15) is 4.79 Å². The molecule has 0 bridgehead atoms. The van der Waals surface area contributed by atoms with Gasteiger partial charge in [0.2, 0.25) is 5.91 Å². The standard InChI is InChI=1S/C25H37N5O/c1-19-7-8-22-23(17-19)27-24(26-22)18-28-11-9-20(10-12-28)25(31)30-15-13-29(14-16-30)21-5-3-2-4-6-21/h7-8,17,20-21H,2-6,9-16,18H2,1H3,(H,26,27). The molecule has 1 aliphatic carbocycles. The largest absolute Gasteiger partial charge is 0.341 e. The zero-order chi connectivity index (χ0) is 21.2. The average Bonchev–Trinajstić information content (AvgIpc) is 3.21. The Morgan fingerprint density at radius 2 is 1.74 bits per heavy atom. The molecule has 5 rings (SSSR count). The maximum absolute atomic E-state index is 13.1. The van der Waals surface area contributed by atoms with Crippen LogP contribution in [0.3, 0.4) is 0 Å². The summed E-state index contributed by atoms with van der Waals surface area (Å²) in [5, 5.41) is 0. The zero-order valence-electron chi connectivity index (χ0n) is 19.0. The van der Waals surface area contributed by atoms with Gasteiger partial charge in [-0.25, -0.2) is 4.98 Å². The molecule has 3 fully saturated rings. The molecule has 2 aromatic rings. The normalized spacial score (nSPS) is 22.9. The molecular weight excluding hydrogens is 386 g/mol. The number of imidazole rings is 1. The SMILES string of the molecule is Cc1ccc2nc(CN3CCC(C(=O)N4CCN(C5CCCCC5)CC4)CC3)[nH]c2c1. The molecule has 1 aromatic heterocycles. The molecule has 1 saturated carbocycles. The number of carbonyl (C=O) groups is 1. The van der Waals surface area contributed by atoms with Gasteiger partial charge in [0.15, 0.2) is 0 Å². The smallest absolute Gasteiger partial charge is 0.225 e. The van der Waals surface area contributed by atoms with Crippen LogP contribution in [-0.2, 0) is 11.3 Å². The third-order valence-electron chi connectivity index (χ3n) is 7.71. The van der Waals surface area contributed by atoms with Crippen molar-refractivity contribution in [3.8, 4) is 0 Å². The lowest BCUT2D eigenvalue weighted by Gasteiger charge is -2.42. The highest BCUT2D eigenvalue weighted by Crippen LogP contribution is 2.25. The van der Waals surface area contributed by atoms with Crippen LogP contribution in [0, 0.1) is 12.8 Å². The minimum absolute atomic E-state index is 0.204. The van der Waals surface area contributed by atoms with Crippen LogP contribution in [0.25, 0.3) is 11.0 Å². The van der Waals surface area contributed by atoms with Crippen LogP contribution in [0.15, 0.2) is 18.2 Å². The second-order valence-corrected chi connectivity index (χ2v) is 9.91. The van der Waals surface area contributed by atoms with Crippen molar-refractivity contribution in [1.29, 1.82) is 0 Å². The van der Waals surface area contributed by atoms with Crippen molar-refractivity contribution in [2.24, 2.45) is 5.92 Å². The summed E-state index contributed by atoms with van der Waals surface area (Å²) in [5.74, 6) is 1.64. The zero-order valence-corrected chi connectivity index (χ0v) is 19.0. The van der Waals surface area contributed by atoms with Crippen LogP contribution in [0.4, 0.5) is 0 Å². The van der Waals surface area contributed by atoms with Crippen LogP contribution >= 0.6 is 0 Å². The second-order valence-electron chi connectivity index (χ2n) is 9.91. The molecule has 1 aromatic carbocycles. The fourth-order valence-corrected chi connectivity index (χ4v) is 5.81. The van der Waals surface area contributed by atoms with Gasteiger partial charge in [-0.2, -0.15) is 0 Å². The first-order chi connectivity index (χ1) is 15.2. The Morgan fingerprint density at radius 1 is 1.00 bits per heavy atom. The number of aromatic nitrogens is 2. The molecule has 6 nitrogen and oxygen atoms in total. The number of fused-ring (bicyclic) bond motifs is 1. The molecule has 2 saturated heterocycles. The van der Waals surface area contributed by atoms with Crippen molar-refractivity contribution >= 4 is 16.9 Å². The number of aryl methyl sites for hydroxylation is 1. The number of likely N-dealkylation sites (tertiary alicyclic amines) is 1. The van der Waals surface area contributed by atoms with Crippen LogP contribution in [-0.4, -0.2) is 75.9 Å². The molecule has 3 heterocycles. The van der Waals surface area contributed by atoms with E-state index in [2.05, 4.69) is 44.8 Å². The maximum atomic E-state index is 13.1. The van der Waals surface area contributed by atoms with Gasteiger partial charge in [-0.1, -0.05) is 25.3 Å². The molecule has 6 heteroatoms. The summed E-state index contributed by atoms with van der Waals surface area (Å²) in [4.78, 5) is 28.6. The summed E-state index contributed by atoms with van der Waals surface area (Å²) < 4.78 is 0. The lowest BCUT2D eigenvalue weighted by Crippen LogP contribution is -2.54. The van der Waals surface area contributed by atoms with E-state index in [1.807, 2.05) is 0 Å². The predicted octanol–water partition coefficient (Wildman–Crippen LogP) is 3.56. The van der Waals surface area contributed by atoms with E-state index >= 15 is 0 Å². The van der Waals surface area contributed by atoms with E-state index in [-0.39, 0.29) is 5.92 Å². The molecule has 3 aliphatic rings. The van der Waals surface area contributed by atoms with Crippen LogP contribution in [0.2, 0.25) is 0 Å². The number of nitrogens with one attached hydrogen (secondary N) is 1. The summed E-state index contributed by atoms with van der Waals surface area (Å²) in [6.45, 7) is 8.90. The number of rotatable bonds is 4. The van der Waals surface area contributed by atoms with Crippen LogP contribution in [0.1, 0.15) is 56.3 Å². The number of amides is 1. The number of aromatic amines is 1. The van der Waals surface area contributed by atoms with Gasteiger partial charge < -0.3 is 9.88 Å². The minimum Gasteiger partial charge on any atom is -0.341 e. The van der Waals surface area contributed by atoms with Crippen molar-refractivity contribution in [3.63, 3.8) is 0 Å². The highest BCUT2D eigenvalue weighted by Gasteiger charge is 2.32. The summed E-state index contributed by atoms with van der Waals surface area (Å²) in [5.41, 5.74) is 3.41. The van der Waals surface area contributed by atoms with Gasteiger partial charge in [-0.05, 0) is 63.4 Å².